The molecular weight excluding hydrogens is 502 g/mol. The largest absolute Gasteiger partial charge is 0.477 e. The third-order valence-corrected chi connectivity index (χ3v) is 8.26. The van der Waals surface area contributed by atoms with Gasteiger partial charge < -0.3 is 15.0 Å². The lowest BCUT2D eigenvalue weighted by atomic mass is 10.1. The van der Waals surface area contributed by atoms with Crippen LogP contribution in [0.5, 0.6) is 5.75 Å². The lowest BCUT2D eigenvalue weighted by Gasteiger charge is -2.35. The molecule has 0 radical (unpaired) electrons. The number of hydrogen-bond acceptors (Lipinski definition) is 5. The number of carbonyl (C=O) groups excluding carboxylic acids is 2. The summed E-state index contributed by atoms with van der Waals surface area (Å²) in [5, 5.41) is 4.57. The fourth-order valence-electron chi connectivity index (χ4n) is 4.37. The number of benzene rings is 4. The molecule has 1 N–H and O–H groups in total. The van der Waals surface area contributed by atoms with Crippen molar-refractivity contribution >= 4 is 38.3 Å². The Bertz CT molecular complexity index is 1590. The second-order valence-corrected chi connectivity index (χ2v) is 11.1. The summed E-state index contributed by atoms with van der Waals surface area (Å²) < 4.78 is 33.5. The lowest BCUT2D eigenvalue weighted by molar-refractivity contribution is -0.128. The number of sulfonamides is 1. The van der Waals surface area contributed by atoms with Crippen molar-refractivity contribution in [1.29, 1.82) is 0 Å². The van der Waals surface area contributed by atoms with E-state index in [9.17, 15) is 18.0 Å². The summed E-state index contributed by atoms with van der Waals surface area (Å²) in [4.78, 5) is 27.9. The van der Waals surface area contributed by atoms with Gasteiger partial charge in [-0.15, -0.1) is 0 Å². The summed E-state index contributed by atoms with van der Waals surface area (Å²) in [7, 11) is -2.56. The maximum Gasteiger partial charge on any atom is 0.263 e. The Morgan fingerprint density at radius 2 is 1.61 bits per heavy atom. The van der Waals surface area contributed by atoms with Gasteiger partial charge in [-0.05, 0) is 40.6 Å². The van der Waals surface area contributed by atoms with E-state index in [1.807, 2.05) is 54.6 Å². The number of nitrogens with zero attached hydrogens (tertiary/aromatic N) is 2. The quantitative estimate of drug-likeness (QED) is 0.395. The van der Waals surface area contributed by atoms with Gasteiger partial charge in [0.25, 0.3) is 5.91 Å². The Morgan fingerprint density at radius 1 is 0.921 bits per heavy atom. The van der Waals surface area contributed by atoms with Crippen molar-refractivity contribution in [3.8, 4) is 5.75 Å². The molecule has 0 saturated carbocycles. The van der Waals surface area contributed by atoms with Crippen LogP contribution in [0.2, 0.25) is 0 Å². The van der Waals surface area contributed by atoms with E-state index in [0.29, 0.717) is 18.0 Å². The predicted octanol–water partition coefficient (Wildman–Crippen LogP) is 3.57. The van der Waals surface area contributed by atoms with E-state index in [0.717, 1.165) is 20.6 Å². The highest BCUT2D eigenvalue weighted by Gasteiger charge is 2.35. The van der Waals surface area contributed by atoms with Crippen LogP contribution in [0.25, 0.3) is 10.8 Å². The number of nitrogens with one attached hydrogen (secondary N) is 1. The number of carbonyl (C=O) groups is 2. The molecule has 0 bridgehead atoms. The molecule has 1 atom stereocenters. The van der Waals surface area contributed by atoms with Crippen LogP contribution in [-0.2, 0) is 26.2 Å². The zero-order valence-electron chi connectivity index (χ0n) is 20.8. The van der Waals surface area contributed by atoms with Gasteiger partial charge in [-0.2, -0.15) is 4.31 Å². The van der Waals surface area contributed by atoms with Crippen LogP contribution >= 0.6 is 0 Å². The highest BCUT2D eigenvalue weighted by atomic mass is 32.2. The van der Waals surface area contributed by atoms with E-state index < -0.39 is 28.6 Å². The summed E-state index contributed by atoms with van der Waals surface area (Å²) in [6.07, 6.45) is -0.944. The Kier molecular flexibility index (Phi) is 7.13. The van der Waals surface area contributed by atoms with Gasteiger partial charge in [0, 0.05) is 13.6 Å². The van der Waals surface area contributed by atoms with Crippen LogP contribution in [0.4, 0.5) is 5.69 Å². The van der Waals surface area contributed by atoms with Crippen LogP contribution in [-0.4, -0.2) is 50.8 Å². The van der Waals surface area contributed by atoms with E-state index in [1.54, 1.807) is 36.4 Å². The van der Waals surface area contributed by atoms with Crippen molar-refractivity contribution in [1.82, 2.24) is 9.62 Å². The zero-order valence-corrected chi connectivity index (χ0v) is 21.6. The summed E-state index contributed by atoms with van der Waals surface area (Å²) in [5.41, 5.74) is 1.42. The standard InChI is InChI=1S/C29H27N3O5S/c1-31(38(35,36)24-16-15-22-11-5-6-12-23(22)17-24)20-28(33)32-19-27(37-26-14-8-7-13-25(26)32)29(34)30-18-21-9-3-2-4-10-21/h2-17,27H,18-20H2,1H3,(H,30,34)/t27-/m1/s1. The molecule has 5 rings (SSSR count). The Balaban J connectivity index is 1.32. The summed E-state index contributed by atoms with van der Waals surface area (Å²) in [6.45, 7) is -0.121. The van der Waals surface area contributed by atoms with Gasteiger partial charge in [0.1, 0.15) is 5.75 Å². The molecule has 1 aliphatic rings. The van der Waals surface area contributed by atoms with Gasteiger partial charge >= 0.3 is 0 Å². The molecule has 0 unspecified atom stereocenters. The van der Waals surface area contributed by atoms with Crippen LogP contribution in [0, 0.1) is 0 Å². The van der Waals surface area contributed by atoms with Gasteiger partial charge in [-0.3, -0.25) is 9.59 Å². The molecule has 4 aromatic rings. The first-order chi connectivity index (χ1) is 18.3. The minimum Gasteiger partial charge on any atom is -0.477 e. The maximum atomic E-state index is 13.4. The first kappa shape index (κ1) is 25.4. The molecule has 194 valence electrons. The number of rotatable bonds is 7. The third kappa shape index (κ3) is 5.25. The fraction of sp³-hybridized carbons (Fsp3) is 0.172. The minimum atomic E-state index is -3.94. The third-order valence-electron chi connectivity index (χ3n) is 6.46. The van der Waals surface area contributed by atoms with E-state index in [-0.39, 0.29) is 17.3 Å². The first-order valence-electron chi connectivity index (χ1n) is 12.2. The smallest absolute Gasteiger partial charge is 0.263 e. The molecule has 0 spiro atoms. The maximum absolute atomic E-state index is 13.4. The molecule has 1 aliphatic heterocycles. The predicted molar refractivity (Wildman–Crippen MR) is 145 cm³/mol. The second-order valence-electron chi connectivity index (χ2n) is 9.05. The Hall–Kier alpha value is -4.21. The first-order valence-corrected chi connectivity index (χ1v) is 13.6. The van der Waals surface area contributed by atoms with Crippen LogP contribution in [0.3, 0.4) is 0 Å². The molecule has 4 aromatic carbocycles. The molecular formula is C29H27N3O5S. The van der Waals surface area contributed by atoms with Gasteiger partial charge in [-0.25, -0.2) is 8.42 Å². The topological polar surface area (TPSA) is 96.0 Å². The van der Waals surface area contributed by atoms with E-state index in [4.69, 9.17) is 4.74 Å². The highest BCUT2D eigenvalue weighted by molar-refractivity contribution is 7.89. The molecule has 9 heteroatoms. The van der Waals surface area contributed by atoms with E-state index >= 15 is 0 Å². The van der Waals surface area contributed by atoms with Crippen LogP contribution in [0.15, 0.2) is 102 Å². The molecule has 2 amide bonds. The zero-order chi connectivity index (χ0) is 26.7. The van der Waals surface area contributed by atoms with Crippen molar-refractivity contribution in [3.63, 3.8) is 0 Å². The lowest BCUT2D eigenvalue weighted by Crippen LogP contribution is -2.52. The summed E-state index contributed by atoms with van der Waals surface area (Å²) >= 11 is 0. The molecule has 0 saturated heterocycles. The number of ether oxygens (including phenoxy) is 1. The normalized spacial score (nSPS) is 15.1. The average molecular weight is 530 g/mol. The fourth-order valence-corrected chi connectivity index (χ4v) is 5.53. The van der Waals surface area contributed by atoms with Gasteiger partial charge in [0.15, 0.2) is 6.10 Å². The molecule has 1 heterocycles. The molecule has 8 nitrogen and oxygen atoms in total. The van der Waals surface area contributed by atoms with Gasteiger partial charge in [0.2, 0.25) is 15.9 Å². The molecule has 0 fully saturated rings. The van der Waals surface area contributed by atoms with Gasteiger partial charge in [0.05, 0.1) is 23.7 Å². The number of amides is 2. The van der Waals surface area contributed by atoms with Crippen molar-refractivity contribution < 1.29 is 22.7 Å². The van der Waals surface area contributed by atoms with Crippen molar-refractivity contribution in [2.75, 3.05) is 25.0 Å². The monoisotopic (exact) mass is 529 g/mol. The number of hydrogen-bond donors (Lipinski definition) is 1. The Morgan fingerprint density at radius 3 is 2.39 bits per heavy atom. The number of fused-ring (bicyclic) bond motifs is 2. The van der Waals surface area contributed by atoms with Gasteiger partial charge in [-0.1, -0.05) is 72.8 Å². The SMILES string of the molecule is CN(CC(=O)N1C[C@H](C(=O)NCc2ccccc2)Oc2ccccc21)S(=O)(=O)c1ccc2ccccc2c1. The summed E-state index contributed by atoms with van der Waals surface area (Å²) in [5.74, 6) is -0.446. The minimum absolute atomic E-state index is 0.0413. The van der Waals surface area contributed by atoms with Crippen molar-refractivity contribution in [3.05, 3.63) is 103 Å². The number of anilines is 1. The molecule has 38 heavy (non-hydrogen) atoms. The second kappa shape index (κ2) is 10.6. The van der Waals surface area contributed by atoms with Crippen molar-refractivity contribution in [2.45, 2.75) is 17.5 Å². The number of para-hydroxylation sites is 2. The highest BCUT2D eigenvalue weighted by Crippen LogP contribution is 2.33. The van der Waals surface area contributed by atoms with Crippen LogP contribution < -0.4 is 15.0 Å². The molecule has 0 aromatic heterocycles. The van der Waals surface area contributed by atoms with E-state index in [2.05, 4.69) is 5.32 Å². The van der Waals surface area contributed by atoms with E-state index in [1.165, 1.54) is 18.0 Å². The summed E-state index contributed by atoms with van der Waals surface area (Å²) in [6, 6.07) is 28.7. The Labute approximate surface area is 221 Å². The number of likely N-dealkylation sites (N-methyl/N-ethyl adjacent to an activating group) is 1. The molecule has 0 aliphatic carbocycles. The average Bonchev–Trinajstić information content (AvgIpc) is 2.95. The van der Waals surface area contributed by atoms with Crippen molar-refractivity contribution in [2.24, 2.45) is 0 Å². The van der Waals surface area contributed by atoms with Crippen LogP contribution in [0.1, 0.15) is 5.56 Å².